The maximum Gasteiger partial charge on any atom is 0.228 e. The van der Waals surface area contributed by atoms with Crippen LogP contribution in [0.3, 0.4) is 0 Å². The molecule has 1 unspecified atom stereocenters. The Bertz CT molecular complexity index is 685. The smallest absolute Gasteiger partial charge is 0.228 e. The third-order valence-corrected chi connectivity index (χ3v) is 4.18. The molecule has 0 N–H and O–H groups in total. The first-order valence-corrected chi connectivity index (χ1v) is 7.79. The second-order valence-corrected chi connectivity index (χ2v) is 5.92. The van der Waals surface area contributed by atoms with Gasteiger partial charge in [-0.05, 0) is 17.7 Å². The van der Waals surface area contributed by atoms with Gasteiger partial charge < -0.3 is 9.80 Å². The first kappa shape index (κ1) is 15.3. The molecule has 0 saturated carbocycles. The zero-order valence-corrected chi connectivity index (χ0v) is 13.2. The number of rotatable bonds is 4. The highest BCUT2D eigenvalue weighted by Crippen LogP contribution is 2.26. The number of hydrogen-bond acceptors (Lipinski definition) is 2. The molecular formula is C19H20N2O2. The van der Waals surface area contributed by atoms with Crippen molar-refractivity contribution in [2.24, 2.45) is 5.92 Å². The third-order valence-electron chi connectivity index (χ3n) is 4.18. The highest BCUT2D eigenvalue weighted by Gasteiger charge is 2.36. The van der Waals surface area contributed by atoms with Gasteiger partial charge in [0, 0.05) is 32.2 Å². The fourth-order valence-corrected chi connectivity index (χ4v) is 2.98. The fourth-order valence-electron chi connectivity index (χ4n) is 2.98. The van der Waals surface area contributed by atoms with Crippen molar-refractivity contribution in [1.29, 1.82) is 0 Å². The molecule has 2 aromatic rings. The number of carbonyl (C=O) groups excluding carboxylic acids is 2. The van der Waals surface area contributed by atoms with Crippen LogP contribution in [-0.4, -0.2) is 30.3 Å². The van der Waals surface area contributed by atoms with E-state index >= 15 is 0 Å². The Kier molecular flexibility index (Phi) is 4.42. The summed E-state index contributed by atoms with van der Waals surface area (Å²) in [5.74, 6) is -0.222. The first-order chi connectivity index (χ1) is 11.1. The molecule has 0 aliphatic carbocycles. The summed E-state index contributed by atoms with van der Waals surface area (Å²) in [6.07, 6.45) is 0.285. The van der Waals surface area contributed by atoms with Crippen LogP contribution in [0.5, 0.6) is 0 Å². The summed E-state index contributed by atoms with van der Waals surface area (Å²) >= 11 is 0. The van der Waals surface area contributed by atoms with E-state index in [9.17, 15) is 9.59 Å². The molecule has 1 fully saturated rings. The van der Waals surface area contributed by atoms with Crippen molar-refractivity contribution in [2.75, 3.05) is 18.5 Å². The lowest BCUT2D eigenvalue weighted by Crippen LogP contribution is -2.34. The fraction of sp³-hybridized carbons (Fsp3) is 0.263. The summed E-state index contributed by atoms with van der Waals surface area (Å²) in [6, 6.07) is 19.4. The monoisotopic (exact) mass is 308 g/mol. The molecule has 4 nitrogen and oxygen atoms in total. The summed E-state index contributed by atoms with van der Waals surface area (Å²) in [4.78, 5) is 28.3. The molecule has 118 valence electrons. The third kappa shape index (κ3) is 3.42. The minimum absolute atomic E-state index is 0.0164. The molecule has 1 aliphatic rings. The van der Waals surface area contributed by atoms with E-state index in [0.29, 0.717) is 13.1 Å². The Hall–Kier alpha value is -2.62. The van der Waals surface area contributed by atoms with E-state index in [1.54, 1.807) is 16.8 Å². The van der Waals surface area contributed by atoms with Crippen LogP contribution in [0.15, 0.2) is 60.7 Å². The van der Waals surface area contributed by atoms with Crippen molar-refractivity contribution in [2.45, 2.75) is 13.0 Å². The zero-order chi connectivity index (χ0) is 16.2. The molecule has 3 rings (SSSR count). The van der Waals surface area contributed by atoms with E-state index in [1.165, 1.54) is 0 Å². The van der Waals surface area contributed by atoms with Crippen LogP contribution in [0.1, 0.15) is 12.0 Å². The molecule has 1 aliphatic heterocycles. The number of benzene rings is 2. The van der Waals surface area contributed by atoms with Crippen LogP contribution in [0.4, 0.5) is 5.69 Å². The SMILES string of the molecule is CN(Cc1ccccc1)C(=O)C1CC(=O)N(c2ccccc2)C1. The largest absolute Gasteiger partial charge is 0.341 e. The topological polar surface area (TPSA) is 40.6 Å². The van der Waals surface area contributed by atoms with Gasteiger partial charge in [-0.1, -0.05) is 48.5 Å². The van der Waals surface area contributed by atoms with Crippen molar-refractivity contribution >= 4 is 17.5 Å². The van der Waals surface area contributed by atoms with Crippen molar-refractivity contribution in [3.05, 3.63) is 66.2 Å². The minimum atomic E-state index is -0.267. The maximum atomic E-state index is 12.6. The Morgan fingerprint density at radius 2 is 1.70 bits per heavy atom. The second kappa shape index (κ2) is 6.65. The number of anilines is 1. The quantitative estimate of drug-likeness (QED) is 0.871. The van der Waals surface area contributed by atoms with Crippen LogP contribution in [0.25, 0.3) is 0 Å². The molecule has 0 spiro atoms. The van der Waals surface area contributed by atoms with Gasteiger partial charge in [0.15, 0.2) is 0 Å². The number of amides is 2. The van der Waals surface area contributed by atoms with Gasteiger partial charge in [-0.25, -0.2) is 0 Å². The summed E-state index contributed by atoms with van der Waals surface area (Å²) < 4.78 is 0. The lowest BCUT2D eigenvalue weighted by Gasteiger charge is -2.21. The molecule has 2 amide bonds. The van der Waals surface area contributed by atoms with Gasteiger partial charge in [-0.2, -0.15) is 0 Å². The highest BCUT2D eigenvalue weighted by molar-refractivity contribution is 6.00. The maximum absolute atomic E-state index is 12.6. The highest BCUT2D eigenvalue weighted by atomic mass is 16.2. The van der Waals surface area contributed by atoms with Crippen molar-refractivity contribution in [1.82, 2.24) is 4.90 Å². The lowest BCUT2D eigenvalue weighted by molar-refractivity contribution is -0.135. The van der Waals surface area contributed by atoms with E-state index in [-0.39, 0.29) is 24.2 Å². The molecule has 0 radical (unpaired) electrons. The van der Waals surface area contributed by atoms with Gasteiger partial charge in [0.2, 0.25) is 11.8 Å². The van der Waals surface area contributed by atoms with Gasteiger partial charge in [-0.3, -0.25) is 9.59 Å². The van der Waals surface area contributed by atoms with Gasteiger partial charge >= 0.3 is 0 Å². The second-order valence-electron chi connectivity index (χ2n) is 5.92. The molecule has 4 heteroatoms. The Labute approximate surface area is 136 Å². The molecule has 1 heterocycles. The number of nitrogens with zero attached hydrogens (tertiary/aromatic N) is 2. The van der Waals surface area contributed by atoms with Gasteiger partial charge in [0.05, 0.1) is 5.92 Å². The van der Waals surface area contributed by atoms with Crippen molar-refractivity contribution in [3.8, 4) is 0 Å². The molecular weight excluding hydrogens is 288 g/mol. The zero-order valence-electron chi connectivity index (χ0n) is 13.2. The van der Waals surface area contributed by atoms with Crippen LogP contribution in [-0.2, 0) is 16.1 Å². The minimum Gasteiger partial charge on any atom is -0.341 e. The van der Waals surface area contributed by atoms with Gasteiger partial charge in [-0.15, -0.1) is 0 Å². The molecule has 1 saturated heterocycles. The molecule has 1 atom stereocenters. The van der Waals surface area contributed by atoms with Crippen LogP contribution < -0.4 is 4.90 Å². The molecule has 0 aromatic heterocycles. The number of carbonyl (C=O) groups is 2. The average Bonchev–Trinajstić information content (AvgIpc) is 2.97. The Morgan fingerprint density at radius 1 is 1.09 bits per heavy atom. The normalized spacial score (nSPS) is 17.3. The van der Waals surface area contributed by atoms with Crippen molar-refractivity contribution in [3.63, 3.8) is 0 Å². The van der Waals surface area contributed by atoms with Gasteiger partial charge in [0.1, 0.15) is 0 Å². The number of hydrogen-bond donors (Lipinski definition) is 0. The average molecular weight is 308 g/mol. The predicted octanol–water partition coefficient (Wildman–Crippen LogP) is 2.70. The number of para-hydroxylation sites is 1. The first-order valence-electron chi connectivity index (χ1n) is 7.79. The Balaban J connectivity index is 1.66. The van der Waals surface area contributed by atoms with E-state index in [0.717, 1.165) is 11.3 Å². The molecule has 2 aromatic carbocycles. The van der Waals surface area contributed by atoms with E-state index in [2.05, 4.69) is 0 Å². The lowest BCUT2D eigenvalue weighted by atomic mass is 10.1. The van der Waals surface area contributed by atoms with Crippen LogP contribution in [0.2, 0.25) is 0 Å². The van der Waals surface area contributed by atoms with Gasteiger partial charge in [0.25, 0.3) is 0 Å². The summed E-state index contributed by atoms with van der Waals surface area (Å²) in [6.45, 7) is 1.02. The summed E-state index contributed by atoms with van der Waals surface area (Å²) in [5, 5.41) is 0. The van der Waals surface area contributed by atoms with Crippen molar-refractivity contribution < 1.29 is 9.59 Å². The Morgan fingerprint density at radius 3 is 2.35 bits per heavy atom. The van der Waals surface area contributed by atoms with Crippen LogP contribution in [0, 0.1) is 5.92 Å². The molecule has 23 heavy (non-hydrogen) atoms. The summed E-state index contributed by atoms with van der Waals surface area (Å²) in [5.41, 5.74) is 1.95. The van der Waals surface area contributed by atoms with E-state index in [4.69, 9.17) is 0 Å². The standard InChI is InChI=1S/C19H20N2O2/c1-20(13-15-8-4-2-5-9-15)19(23)16-12-18(22)21(14-16)17-10-6-3-7-11-17/h2-11,16H,12-14H2,1H3. The predicted molar refractivity (Wildman–Crippen MR) is 89.8 cm³/mol. The molecule has 0 bridgehead atoms. The van der Waals surface area contributed by atoms with E-state index < -0.39 is 0 Å². The summed E-state index contributed by atoms with van der Waals surface area (Å²) in [7, 11) is 1.80. The van der Waals surface area contributed by atoms with E-state index in [1.807, 2.05) is 60.7 Å². The van der Waals surface area contributed by atoms with Crippen LogP contribution >= 0.6 is 0 Å².